The van der Waals surface area contributed by atoms with Crippen LogP contribution >= 0.6 is 0 Å². The largest absolute Gasteiger partial charge is 0.489 e. The lowest BCUT2D eigenvalue weighted by molar-refractivity contribution is -0.155. The first-order valence-corrected chi connectivity index (χ1v) is 10.2. The van der Waals surface area contributed by atoms with Gasteiger partial charge < -0.3 is 14.6 Å². The van der Waals surface area contributed by atoms with Gasteiger partial charge in [-0.1, -0.05) is 0 Å². The molecule has 1 aromatic carbocycles. The zero-order chi connectivity index (χ0) is 20.3. The van der Waals surface area contributed by atoms with Gasteiger partial charge in [-0.25, -0.2) is 8.42 Å². The fourth-order valence-electron chi connectivity index (χ4n) is 3.15. The number of carboxylic acids is 1. The summed E-state index contributed by atoms with van der Waals surface area (Å²) in [5.41, 5.74) is 0.937. The number of rotatable bonds is 6. The molecule has 0 bridgehead atoms. The van der Waals surface area contributed by atoms with Gasteiger partial charge in [0.1, 0.15) is 18.4 Å². The summed E-state index contributed by atoms with van der Waals surface area (Å²) in [6, 6.07) is 8.32. The van der Waals surface area contributed by atoms with Crippen molar-refractivity contribution in [3.63, 3.8) is 0 Å². The number of hydrogen-bond acceptors (Lipinski definition) is 6. The lowest BCUT2D eigenvalue weighted by atomic mass is 10.1. The summed E-state index contributed by atoms with van der Waals surface area (Å²) in [4.78, 5) is 15.6. The van der Waals surface area contributed by atoms with Crippen molar-refractivity contribution in [3.8, 4) is 5.75 Å². The molecule has 1 aromatic heterocycles. The number of benzene rings is 1. The molecule has 1 fully saturated rings. The summed E-state index contributed by atoms with van der Waals surface area (Å²) >= 11 is 0. The van der Waals surface area contributed by atoms with Crippen LogP contribution < -0.4 is 4.74 Å². The molecule has 1 N–H and O–H groups in total. The highest BCUT2D eigenvalue weighted by molar-refractivity contribution is 7.89. The highest BCUT2D eigenvalue weighted by Crippen LogP contribution is 2.27. The van der Waals surface area contributed by atoms with Crippen molar-refractivity contribution < 1.29 is 27.8 Å². The molecule has 0 radical (unpaired) electrons. The third kappa shape index (κ3) is 4.32. The highest BCUT2D eigenvalue weighted by atomic mass is 32.2. The van der Waals surface area contributed by atoms with Gasteiger partial charge in [0.2, 0.25) is 10.0 Å². The smallest absolute Gasteiger partial charge is 0.324 e. The maximum atomic E-state index is 13.0. The van der Waals surface area contributed by atoms with Crippen LogP contribution in [0.4, 0.5) is 0 Å². The van der Waals surface area contributed by atoms with Crippen LogP contribution in [0.2, 0.25) is 0 Å². The number of nitrogens with zero attached hydrogens (tertiary/aromatic N) is 2. The van der Waals surface area contributed by atoms with Crippen molar-refractivity contribution in [1.82, 2.24) is 9.29 Å². The predicted molar refractivity (Wildman–Crippen MR) is 100 cm³/mol. The van der Waals surface area contributed by atoms with Crippen LogP contribution in [0.1, 0.15) is 19.4 Å². The molecule has 1 unspecified atom stereocenters. The molecule has 28 heavy (non-hydrogen) atoms. The van der Waals surface area contributed by atoms with Gasteiger partial charge in [-0.3, -0.25) is 9.78 Å². The maximum Gasteiger partial charge on any atom is 0.324 e. The number of carbonyl (C=O) groups is 1. The number of carboxylic acid groups (broad SMARTS) is 1. The Kier molecular flexibility index (Phi) is 5.97. The molecule has 0 spiro atoms. The van der Waals surface area contributed by atoms with Crippen molar-refractivity contribution in [2.75, 3.05) is 6.54 Å². The van der Waals surface area contributed by atoms with Crippen molar-refractivity contribution in [2.45, 2.75) is 43.6 Å². The monoisotopic (exact) mass is 406 g/mol. The molecule has 3 rings (SSSR count). The fraction of sp³-hybridized carbons (Fsp3) is 0.368. The fourth-order valence-corrected chi connectivity index (χ4v) is 4.86. The topological polar surface area (TPSA) is 106 Å². The minimum atomic E-state index is -4.00. The Morgan fingerprint density at radius 3 is 2.46 bits per heavy atom. The molecule has 150 valence electrons. The summed E-state index contributed by atoms with van der Waals surface area (Å²) in [5, 5.41) is 9.49. The Morgan fingerprint density at radius 1 is 1.21 bits per heavy atom. The van der Waals surface area contributed by atoms with Gasteiger partial charge in [-0.2, -0.15) is 4.31 Å². The lowest BCUT2D eigenvalue weighted by Crippen LogP contribution is -2.58. The molecule has 3 atom stereocenters. The van der Waals surface area contributed by atoms with Gasteiger partial charge in [-0.05, 0) is 55.8 Å². The second-order valence-corrected chi connectivity index (χ2v) is 8.52. The second kappa shape index (κ2) is 8.26. The van der Waals surface area contributed by atoms with Crippen molar-refractivity contribution in [3.05, 3.63) is 54.4 Å². The zero-order valence-electron chi connectivity index (χ0n) is 15.6. The molecule has 2 heterocycles. The molecule has 0 aliphatic carbocycles. The third-order valence-electron chi connectivity index (χ3n) is 4.48. The van der Waals surface area contributed by atoms with E-state index in [4.69, 9.17) is 9.47 Å². The van der Waals surface area contributed by atoms with E-state index in [1.165, 1.54) is 12.1 Å². The third-order valence-corrected chi connectivity index (χ3v) is 6.34. The molecule has 9 heteroatoms. The summed E-state index contributed by atoms with van der Waals surface area (Å²) in [6.07, 6.45) is 2.18. The Hall–Kier alpha value is -2.49. The number of sulfonamides is 1. The summed E-state index contributed by atoms with van der Waals surface area (Å²) < 4.78 is 38.2. The summed E-state index contributed by atoms with van der Waals surface area (Å²) in [6.45, 7) is 3.58. The van der Waals surface area contributed by atoms with E-state index in [0.29, 0.717) is 12.4 Å². The van der Waals surface area contributed by atoms with Crippen molar-refractivity contribution in [2.24, 2.45) is 0 Å². The molecule has 0 saturated carbocycles. The number of aromatic nitrogens is 1. The molecule has 1 saturated heterocycles. The van der Waals surface area contributed by atoms with Crippen LogP contribution in [-0.2, 0) is 26.2 Å². The normalized spacial score (nSPS) is 23.3. The van der Waals surface area contributed by atoms with Crippen LogP contribution in [0, 0.1) is 0 Å². The molecule has 0 amide bonds. The minimum absolute atomic E-state index is 0.0105. The SMILES string of the molecule is C[C@@H]1O[C@@H](C)CN(S(=O)(=O)c2ccc(OCc3ccncc3)cc2)C1C(=O)O. The summed E-state index contributed by atoms with van der Waals surface area (Å²) in [5.74, 6) is -0.727. The molecule has 8 nitrogen and oxygen atoms in total. The quantitative estimate of drug-likeness (QED) is 0.781. The van der Waals surface area contributed by atoms with Crippen LogP contribution in [0.25, 0.3) is 0 Å². The van der Waals surface area contributed by atoms with Gasteiger partial charge in [0.15, 0.2) is 0 Å². The van der Waals surface area contributed by atoms with Gasteiger partial charge in [-0.15, -0.1) is 0 Å². The van der Waals surface area contributed by atoms with Crippen LogP contribution in [0.15, 0.2) is 53.7 Å². The molecular weight excluding hydrogens is 384 g/mol. The molecule has 1 aliphatic heterocycles. The Balaban J connectivity index is 1.78. The minimum Gasteiger partial charge on any atom is -0.489 e. The number of ether oxygens (including phenoxy) is 2. The first-order chi connectivity index (χ1) is 13.3. The van der Waals surface area contributed by atoms with E-state index in [2.05, 4.69) is 4.98 Å². The van der Waals surface area contributed by atoms with E-state index in [9.17, 15) is 18.3 Å². The number of morpholine rings is 1. The molecule has 2 aromatic rings. The lowest BCUT2D eigenvalue weighted by Gasteiger charge is -2.39. The Bertz CT molecular complexity index is 917. The van der Waals surface area contributed by atoms with Gasteiger partial charge in [0.05, 0.1) is 17.1 Å². The van der Waals surface area contributed by atoms with E-state index in [-0.39, 0.29) is 11.4 Å². The molecular formula is C19H22N2O6S. The zero-order valence-corrected chi connectivity index (χ0v) is 16.4. The van der Waals surface area contributed by atoms with Crippen molar-refractivity contribution >= 4 is 16.0 Å². The standard InChI is InChI=1S/C19H22N2O6S/c1-13-11-21(18(19(22)23)14(2)27-13)28(24,25)17-5-3-16(4-6-17)26-12-15-7-9-20-10-8-15/h3-10,13-14,18H,11-12H2,1-2H3,(H,22,23)/t13-,14-,18?/m0/s1. The van der Waals surface area contributed by atoms with Crippen LogP contribution in [0.5, 0.6) is 5.75 Å². The Morgan fingerprint density at radius 2 is 1.86 bits per heavy atom. The Labute approximate surface area is 163 Å². The molecule has 1 aliphatic rings. The average Bonchev–Trinajstić information content (AvgIpc) is 2.66. The second-order valence-electron chi connectivity index (χ2n) is 6.63. The average molecular weight is 406 g/mol. The van der Waals surface area contributed by atoms with E-state index >= 15 is 0 Å². The number of aliphatic carboxylic acids is 1. The van der Waals surface area contributed by atoms with Gasteiger partial charge in [0, 0.05) is 18.9 Å². The van der Waals surface area contributed by atoms with Crippen LogP contribution in [-0.4, -0.2) is 53.6 Å². The first-order valence-electron chi connectivity index (χ1n) is 8.81. The van der Waals surface area contributed by atoms with E-state index in [1.54, 1.807) is 38.4 Å². The van der Waals surface area contributed by atoms with E-state index < -0.39 is 34.2 Å². The highest BCUT2D eigenvalue weighted by Gasteiger charge is 2.44. The number of hydrogen-bond donors (Lipinski definition) is 1. The summed E-state index contributed by atoms with van der Waals surface area (Å²) in [7, 11) is -4.00. The van der Waals surface area contributed by atoms with Crippen molar-refractivity contribution in [1.29, 1.82) is 0 Å². The van der Waals surface area contributed by atoms with E-state index in [0.717, 1.165) is 9.87 Å². The maximum absolute atomic E-state index is 13.0. The van der Waals surface area contributed by atoms with Gasteiger partial charge in [0.25, 0.3) is 0 Å². The van der Waals surface area contributed by atoms with E-state index in [1.807, 2.05) is 12.1 Å². The van der Waals surface area contributed by atoms with Crippen LogP contribution in [0.3, 0.4) is 0 Å². The van der Waals surface area contributed by atoms with Gasteiger partial charge >= 0.3 is 5.97 Å². The predicted octanol–water partition coefficient (Wildman–Crippen LogP) is 1.91. The number of pyridine rings is 1. The first kappa shape index (κ1) is 20.2.